The first-order chi connectivity index (χ1) is 11.2. The number of nitrogens with zero attached hydrogens (tertiary/aromatic N) is 1. The number of aryl methyl sites for hydroxylation is 1. The van der Waals surface area contributed by atoms with E-state index in [9.17, 15) is 4.79 Å². The van der Waals surface area contributed by atoms with Crippen LogP contribution in [0.2, 0.25) is 0 Å². The van der Waals surface area contributed by atoms with Gasteiger partial charge in [0, 0.05) is 18.5 Å². The molecular weight excluding hydrogens is 288 g/mol. The maximum atomic E-state index is 12.3. The first-order valence-electron chi connectivity index (χ1n) is 8.28. The van der Waals surface area contributed by atoms with Gasteiger partial charge in [-0.05, 0) is 31.9 Å². The molecule has 4 N–H and O–H groups in total. The molecule has 1 aromatic carbocycles. The number of benzene rings is 1. The van der Waals surface area contributed by atoms with Crippen LogP contribution in [0.5, 0.6) is 0 Å². The Balaban J connectivity index is 1.93. The number of rotatable bonds is 9. The maximum Gasteiger partial charge on any atom is 0.256 e. The fraction of sp³-hybridized carbons (Fsp3) is 0.444. The zero-order chi connectivity index (χ0) is 16.5. The number of hydrogen-bond acceptors (Lipinski definition) is 4. The molecule has 0 aliphatic heterocycles. The molecule has 0 amide bonds. The monoisotopic (exact) mass is 314 g/mol. The third-order valence-corrected chi connectivity index (χ3v) is 3.87. The summed E-state index contributed by atoms with van der Waals surface area (Å²) in [5.74, 6) is 0.558. The van der Waals surface area contributed by atoms with Crippen molar-refractivity contribution in [1.82, 2.24) is 9.97 Å². The molecule has 0 bridgehead atoms. The molecule has 0 atom stereocenters. The molecule has 1 aromatic heterocycles. The number of aromatic nitrogens is 2. The summed E-state index contributed by atoms with van der Waals surface area (Å²) < 4.78 is 0. The largest absolute Gasteiger partial charge is 0.356 e. The number of nitrogens with two attached hydrogens (primary N) is 1. The van der Waals surface area contributed by atoms with Crippen LogP contribution in [0, 0.1) is 6.92 Å². The molecule has 2 rings (SSSR count). The number of H-pyrrole nitrogens is 1. The zero-order valence-corrected chi connectivity index (χ0v) is 13.8. The highest BCUT2D eigenvalue weighted by molar-refractivity contribution is 5.32. The minimum Gasteiger partial charge on any atom is -0.356 e. The van der Waals surface area contributed by atoms with Crippen molar-refractivity contribution >= 4 is 5.95 Å². The van der Waals surface area contributed by atoms with Crippen LogP contribution in [-0.4, -0.2) is 23.1 Å². The van der Waals surface area contributed by atoms with Crippen molar-refractivity contribution in [2.75, 3.05) is 18.4 Å². The van der Waals surface area contributed by atoms with E-state index in [0.29, 0.717) is 12.4 Å². The predicted octanol–water partition coefficient (Wildman–Crippen LogP) is 2.60. The lowest BCUT2D eigenvalue weighted by atomic mass is 10.1. The number of anilines is 1. The molecule has 124 valence electrons. The number of nitrogens with one attached hydrogen (secondary N) is 2. The van der Waals surface area contributed by atoms with Gasteiger partial charge in [0.05, 0.1) is 5.69 Å². The normalized spacial score (nSPS) is 10.7. The number of unbranched alkanes of at least 4 members (excludes halogenated alkanes) is 3. The van der Waals surface area contributed by atoms with Gasteiger partial charge in [-0.1, -0.05) is 43.2 Å². The third-order valence-electron chi connectivity index (χ3n) is 3.87. The second kappa shape index (κ2) is 9.10. The van der Waals surface area contributed by atoms with Gasteiger partial charge in [0.1, 0.15) is 0 Å². The van der Waals surface area contributed by atoms with Crippen molar-refractivity contribution in [3.63, 3.8) is 0 Å². The SMILES string of the molecule is Cc1nc(NCCCCCCN)[nH]c(=O)c1Cc1ccccc1. The summed E-state index contributed by atoms with van der Waals surface area (Å²) in [6.07, 6.45) is 5.02. The second-order valence-electron chi connectivity index (χ2n) is 5.77. The second-order valence-corrected chi connectivity index (χ2v) is 5.77. The zero-order valence-electron chi connectivity index (χ0n) is 13.8. The summed E-state index contributed by atoms with van der Waals surface area (Å²) in [5, 5.41) is 3.20. The van der Waals surface area contributed by atoms with Crippen molar-refractivity contribution in [2.24, 2.45) is 5.73 Å². The molecule has 0 spiro atoms. The fourth-order valence-electron chi connectivity index (χ4n) is 2.53. The van der Waals surface area contributed by atoms with Crippen molar-refractivity contribution < 1.29 is 0 Å². The molecule has 5 nitrogen and oxygen atoms in total. The maximum absolute atomic E-state index is 12.3. The smallest absolute Gasteiger partial charge is 0.256 e. The summed E-state index contributed by atoms with van der Waals surface area (Å²) in [7, 11) is 0. The van der Waals surface area contributed by atoms with Gasteiger partial charge in [-0.25, -0.2) is 4.98 Å². The molecule has 5 heteroatoms. The van der Waals surface area contributed by atoms with Gasteiger partial charge in [0.25, 0.3) is 5.56 Å². The van der Waals surface area contributed by atoms with Gasteiger partial charge in [0.2, 0.25) is 5.95 Å². The first kappa shape index (κ1) is 17.2. The summed E-state index contributed by atoms with van der Waals surface area (Å²) >= 11 is 0. The molecule has 0 fully saturated rings. The van der Waals surface area contributed by atoms with E-state index in [-0.39, 0.29) is 5.56 Å². The molecular formula is C18H26N4O. The highest BCUT2D eigenvalue weighted by Gasteiger charge is 2.08. The Kier molecular flexibility index (Phi) is 6.81. The van der Waals surface area contributed by atoms with Gasteiger partial charge in [0.15, 0.2) is 0 Å². The van der Waals surface area contributed by atoms with E-state index in [2.05, 4.69) is 15.3 Å². The average molecular weight is 314 g/mol. The minimum atomic E-state index is -0.0630. The van der Waals surface area contributed by atoms with Crippen LogP contribution in [0.1, 0.15) is 42.5 Å². The van der Waals surface area contributed by atoms with E-state index in [1.807, 2.05) is 37.3 Å². The predicted molar refractivity (Wildman–Crippen MR) is 94.9 cm³/mol. The highest BCUT2D eigenvalue weighted by Crippen LogP contribution is 2.10. The topological polar surface area (TPSA) is 83.8 Å². The molecule has 0 aliphatic rings. The third kappa shape index (κ3) is 5.53. The van der Waals surface area contributed by atoms with E-state index in [4.69, 9.17) is 5.73 Å². The summed E-state index contributed by atoms with van der Waals surface area (Å²) in [6.45, 7) is 3.45. The van der Waals surface area contributed by atoms with E-state index in [0.717, 1.165) is 55.6 Å². The van der Waals surface area contributed by atoms with Crippen molar-refractivity contribution in [2.45, 2.75) is 39.0 Å². The van der Waals surface area contributed by atoms with E-state index in [1.54, 1.807) is 0 Å². The van der Waals surface area contributed by atoms with Gasteiger partial charge in [-0.3, -0.25) is 9.78 Å². The first-order valence-corrected chi connectivity index (χ1v) is 8.28. The average Bonchev–Trinajstić information content (AvgIpc) is 2.55. The Morgan fingerprint density at radius 1 is 1.13 bits per heavy atom. The summed E-state index contributed by atoms with van der Waals surface area (Å²) in [6, 6.07) is 9.97. The standard InChI is InChI=1S/C18H26N4O/c1-14-16(13-15-9-5-4-6-10-15)17(23)22-18(21-14)20-12-8-3-2-7-11-19/h4-6,9-10H,2-3,7-8,11-13,19H2,1H3,(H2,20,21,22,23). The molecule has 1 heterocycles. The van der Waals surface area contributed by atoms with Crippen LogP contribution in [0.25, 0.3) is 0 Å². The van der Waals surface area contributed by atoms with Crippen LogP contribution in [-0.2, 0) is 6.42 Å². The molecule has 0 saturated heterocycles. The lowest BCUT2D eigenvalue weighted by Crippen LogP contribution is -2.20. The van der Waals surface area contributed by atoms with Gasteiger partial charge >= 0.3 is 0 Å². The van der Waals surface area contributed by atoms with E-state index in [1.165, 1.54) is 0 Å². The molecule has 23 heavy (non-hydrogen) atoms. The van der Waals surface area contributed by atoms with Gasteiger partial charge < -0.3 is 11.1 Å². The van der Waals surface area contributed by atoms with Crippen LogP contribution in [0.3, 0.4) is 0 Å². The van der Waals surface area contributed by atoms with Crippen LogP contribution < -0.4 is 16.6 Å². The summed E-state index contributed by atoms with van der Waals surface area (Å²) in [4.78, 5) is 19.6. The summed E-state index contributed by atoms with van der Waals surface area (Å²) in [5.41, 5.74) is 8.03. The quantitative estimate of drug-likeness (QED) is 0.621. The Morgan fingerprint density at radius 2 is 1.87 bits per heavy atom. The van der Waals surface area contributed by atoms with Crippen LogP contribution >= 0.6 is 0 Å². The Bertz CT molecular complexity index is 652. The van der Waals surface area contributed by atoms with Crippen molar-refractivity contribution in [3.05, 3.63) is 57.5 Å². The molecule has 0 unspecified atom stereocenters. The molecule has 0 aliphatic carbocycles. The number of aromatic amines is 1. The Hall–Kier alpha value is -2.14. The number of hydrogen-bond donors (Lipinski definition) is 3. The Labute approximate surface area is 137 Å². The molecule has 0 radical (unpaired) electrons. The minimum absolute atomic E-state index is 0.0630. The van der Waals surface area contributed by atoms with Crippen molar-refractivity contribution in [1.29, 1.82) is 0 Å². The van der Waals surface area contributed by atoms with E-state index < -0.39 is 0 Å². The van der Waals surface area contributed by atoms with Crippen molar-refractivity contribution in [3.8, 4) is 0 Å². The molecule has 2 aromatic rings. The molecule has 0 saturated carbocycles. The van der Waals surface area contributed by atoms with E-state index >= 15 is 0 Å². The fourth-order valence-corrected chi connectivity index (χ4v) is 2.53. The highest BCUT2D eigenvalue weighted by atomic mass is 16.1. The van der Waals surface area contributed by atoms with Gasteiger partial charge in [-0.15, -0.1) is 0 Å². The van der Waals surface area contributed by atoms with Gasteiger partial charge in [-0.2, -0.15) is 0 Å². The lowest BCUT2D eigenvalue weighted by Gasteiger charge is -2.09. The van der Waals surface area contributed by atoms with Crippen LogP contribution in [0.15, 0.2) is 35.1 Å². The lowest BCUT2D eigenvalue weighted by molar-refractivity contribution is 0.660. The van der Waals surface area contributed by atoms with Crippen LogP contribution in [0.4, 0.5) is 5.95 Å². The Morgan fingerprint density at radius 3 is 2.57 bits per heavy atom.